The fourth-order valence-electron chi connectivity index (χ4n) is 3.02. The summed E-state index contributed by atoms with van der Waals surface area (Å²) < 4.78 is 10.7. The number of hydrogen-bond donors (Lipinski definition) is 1. The van der Waals surface area contributed by atoms with E-state index in [-0.39, 0.29) is 5.97 Å². The lowest BCUT2D eigenvalue weighted by Crippen LogP contribution is -2.14. The highest BCUT2D eigenvalue weighted by atomic mass is 16.5. The van der Waals surface area contributed by atoms with Gasteiger partial charge in [0.05, 0.1) is 12.9 Å². The van der Waals surface area contributed by atoms with Crippen LogP contribution in [0.5, 0.6) is 0 Å². The van der Waals surface area contributed by atoms with Crippen LogP contribution in [0.2, 0.25) is 0 Å². The van der Waals surface area contributed by atoms with Gasteiger partial charge >= 0.3 is 5.97 Å². The second-order valence-electron chi connectivity index (χ2n) is 5.79. The molecule has 23 heavy (non-hydrogen) atoms. The number of carbonyl (C=O) groups is 1. The fourth-order valence-corrected chi connectivity index (χ4v) is 3.02. The van der Waals surface area contributed by atoms with Gasteiger partial charge in [-0.1, -0.05) is 24.3 Å². The number of aromatic nitrogens is 2. The molecule has 0 spiro atoms. The molecule has 3 aromatic rings. The van der Waals surface area contributed by atoms with Crippen molar-refractivity contribution in [1.82, 2.24) is 10.2 Å². The van der Waals surface area contributed by atoms with Gasteiger partial charge in [-0.2, -0.15) is 5.10 Å². The highest BCUT2D eigenvalue weighted by Crippen LogP contribution is 2.26. The fraction of sp³-hybridized carbons (Fsp3) is 0.222. The first-order chi connectivity index (χ1) is 11.3. The quantitative estimate of drug-likeness (QED) is 0.751. The molecule has 0 amide bonds. The van der Waals surface area contributed by atoms with Gasteiger partial charge in [-0.05, 0) is 36.1 Å². The van der Waals surface area contributed by atoms with Gasteiger partial charge in [0.15, 0.2) is 5.76 Å². The van der Waals surface area contributed by atoms with E-state index in [1.807, 2.05) is 12.1 Å². The average molecular weight is 308 g/mol. The first-order valence-corrected chi connectivity index (χ1v) is 7.63. The lowest BCUT2D eigenvalue weighted by atomic mass is 10.1. The van der Waals surface area contributed by atoms with Crippen LogP contribution >= 0.6 is 0 Å². The summed E-state index contributed by atoms with van der Waals surface area (Å²) in [7, 11) is 0. The Labute approximate surface area is 133 Å². The highest BCUT2D eigenvalue weighted by Gasteiger charge is 2.23. The first kappa shape index (κ1) is 13.8. The van der Waals surface area contributed by atoms with Crippen molar-refractivity contribution in [2.75, 3.05) is 6.61 Å². The Bertz CT molecular complexity index is 795. The molecule has 2 heterocycles. The molecule has 0 bridgehead atoms. The summed E-state index contributed by atoms with van der Waals surface area (Å²) in [6, 6.07) is 13.6. The number of furan rings is 1. The summed E-state index contributed by atoms with van der Waals surface area (Å²) in [4.78, 5) is 12.1. The number of carbonyl (C=O) groups excluding carboxylic acids is 1. The third-order valence-electron chi connectivity index (χ3n) is 4.16. The van der Waals surface area contributed by atoms with Gasteiger partial charge < -0.3 is 9.15 Å². The zero-order chi connectivity index (χ0) is 15.6. The van der Waals surface area contributed by atoms with E-state index < -0.39 is 0 Å². The Balaban J connectivity index is 1.36. The Morgan fingerprint density at radius 1 is 1.22 bits per heavy atom. The van der Waals surface area contributed by atoms with Crippen LogP contribution in [0.25, 0.3) is 11.5 Å². The van der Waals surface area contributed by atoms with Gasteiger partial charge in [0, 0.05) is 12.0 Å². The van der Waals surface area contributed by atoms with Gasteiger partial charge in [0.2, 0.25) is 0 Å². The first-order valence-electron chi connectivity index (χ1n) is 7.63. The predicted octanol–water partition coefficient (Wildman–Crippen LogP) is 3.24. The molecule has 5 nitrogen and oxygen atoms in total. The third-order valence-corrected chi connectivity index (χ3v) is 4.16. The van der Waals surface area contributed by atoms with Crippen LogP contribution in [0, 0.1) is 5.92 Å². The van der Waals surface area contributed by atoms with Crippen molar-refractivity contribution in [1.29, 1.82) is 0 Å². The van der Waals surface area contributed by atoms with Gasteiger partial charge in [-0.25, -0.2) is 4.79 Å². The maximum Gasteiger partial charge on any atom is 0.356 e. The van der Waals surface area contributed by atoms with E-state index in [0.29, 0.717) is 29.7 Å². The molecule has 1 aliphatic rings. The van der Waals surface area contributed by atoms with Crippen LogP contribution < -0.4 is 0 Å². The maximum absolute atomic E-state index is 12.1. The number of H-pyrrole nitrogens is 1. The van der Waals surface area contributed by atoms with Crippen LogP contribution in [-0.2, 0) is 17.6 Å². The van der Waals surface area contributed by atoms with Crippen LogP contribution in [-0.4, -0.2) is 22.8 Å². The summed E-state index contributed by atoms with van der Waals surface area (Å²) in [5.41, 5.74) is 3.65. The molecule has 5 heteroatoms. The van der Waals surface area contributed by atoms with E-state index >= 15 is 0 Å². The molecule has 116 valence electrons. The minimum Gasteiger partial charge on any atom is -0.463 e. The molecule has 0 atom stereocenters. The van der Waals surface area contributed by atoms with Gasteiger partial charge in [-0.15, -0.1) is 0 Å². The van der Waals surface area contributed by atoms with Gasteiger partial charge in [0.25, 0.3) is 0 Å². The van der Waals surface area contributed by atoms with E-state index in [4.69, 9.17) is 9.15 Å². The van der Waals surface area contributed by atoms with E-state index in [1.165, 1.54) is 11.1 Å². The summed E-state index contributed by atoms with van der Waals surface area (Å²) >= 11 is 0. The summed E-state index contributed by atoms with van der Waals surface area (Å²) in [6.45, 7) is 0.419. The molecule has 0 saturated carbocycles. The van der Waals surface area contributed by atoms with Crippen molar-refractivity contribution in [3.8, 4) is 11.5 Å². The average Bonchev–Trinajstić information content (AvgIpc) is 3.31. The molecule has 1 aromatic carbocycles. The zero-order valence-electron chi connectivity index (χ0n) is 12.5. The Kier molecular flexibility index (Phi) is 3.46. The summed E-state index contributed by atoms with van der Waals surface area (Å²) in [6.07, 6.45) is 3.49. The smallest absolute Gasteiger partial charge is 0.356 e. The normalized spacial score (nSPS) is 13.9. The van der Waals surface area contributed by atoms with Crippen molar-refractivity contribution < 1.29 is 13.9 Å². The van der Waals surface area contributed by atoms with Crippen LogP contribution in [0.15, 0.2) is 53.1 Å². The van der Waals surface area contributed by atoms with E-state index in [0.717, 1.165) is 12.8 Å². The minimum atomic E-state index is -0.383. The van der Waals surface area contributed by atoms with E-state index in [2.05, 4.69) is 22.3 Å². The molecule has 0 unspecified atom stereocenters. The number of rotatable bonds is 4. The summed E-state index contributed by atoms with van der Waals surface area (Å²) in [5.74, 6) is 0.585. The topological polar surface area (TPSA) is 68.1 Å². The SMILES string of the molecule is O=C(OCC1Cc2ccccc2C1)c1cc(-c2ccco2)n[nH]1. The number of aromatic amines is 1. The van der Waals surface area contributed by atoms with Crippen molar-refractivity contribution in [3.05, 3.63) is 65.5 Å². The number of ether oxygens (including phenoxy) is 1. The molecular weight excluding hydrogens is 292 g/mol. The van der Waals surface area contributed by atoms with Gasteiger partial charge in [0.1, 0.15) is 11.4 Å². The van der Waals surface area contributed by atoms with Crippen molar-refractivity contribution in [2.24, 2.45) is 5.92 Å². The molecule has 4 rings (SSSR count). The molecule has 2 aromatic heterocycles. The molecule has 0 fully saturated rings. The monoisotopic (exact) mass is 308 g/mol. The Morgan fingerprint density at radius 3 is 2.70 bits per heavy atom. The number of benzene rings is 1. The van der Waals surface area contributed by atoms with Crippen LogP contribution in [0.4, 0.5) is 0 Å². The Hall–Kier alpha value is -2.82. The number of nitrogens with one attached hydrogen (secondary N) is 1. The Morgan fingerprint density at radius 2 is 2.00 bits per heavy atom. The summed E-state index contributed by atoms with van der Waals surface area (Å²) in [5, 5.41) is 6.77. The lowest BCUT2D eigenvalue weighted by molar-refractivity contribution is 0.0437. The van der Waals surface area contributed by atoms with E-state index in [9.17, 15) is 4.79 Å². The molecule has 0 aliphatic heterocycles. The maximum atomic E-state index is 12.1. The standard InChI is InChI=1S/C18H16N2O3/c21-18(16-10-15(19-20-16)17-6-3-7-22-17)23-11-12-8-13-4-1-2-5-14(13)9-12/h1-7,10,12H,8-9,11H2,(H,19,20). The molecular formula is C18H16N2O3. The zero-order valence-corrected chi connectivity index (χ0v) is 12.5. The number of esters is 1. The van der Waals surface area contributed by atoms with Crippen molar-refractivity contribution in [3.63, 3.8) is 0 Å². The van der Waals surface area contributed by atoms with Crippen LogP contribution in [0.3, 0.4) is 0 Å². The highest BCUT2D eigenvalue weighted by molar-refractivity contribution is 5.88. The molecule has 1 N–H and O–H groups in total. The lowest BCUT2D eigenvalue weighted by Gasteiger charge is -2.09. The number of nitrogens with zero attached hydrogens (tertiary/aromatic N) is 1. The number of hydrogen-bond acceptors (Lipinski definition) is 4. The third kappa shape index (κ3) is 2.77. The van der Waals surface area contributed by atoms with Crippen LogP contribution in [0.1, 0.15) is 21.6 Å². The predicted molar refractivity (Wildman–Crippen MR) is 83.9 cm³/mol. The number of fused-ring (bicyclic) bond motifs is 1. The second-order valence-corrected chi connectivity index (χ2v) is 5.79. The van der Waals surface area contributed by atoms with E-state index in [1.54, 1.807) is 24.5 Å². The van der Waals surface area contributed by atoms with Crippen molar-refractivity contribution >= 4 is 5.97 Å². The van der Waals surface area contributed by atoms with Gasteiger partial charge in [-0.3, -0.25) is 5.10 Å². The molecule has 0 radical (unpaired) electrons. The van der Waals surface area contributed by atoms with Crippen molar-refractivity contribution in [2.45, 2.75) is 12.8 Å². The largest absolute Gasteiger partial charge is 0.463 e. The second kappa shape index (κ2) is 5.76. The minimum absolute atomic E-state index is 0.340. The molecule has 1 aliphatic carbocycles. The molecule has 0 saturated heterocycles.